The summed E-state index contributed by atoms with van der Waals surface area (Å²) in [6.07, 6.45) is 0.213. The van der Waals surface area contributed by atoms with Gasteiger partial charge in [0, 0.05) is 36.7 Å². The van der Waals surface area contributed by atoms with E-state index in [9.17, 15) is 0 Å². The summed E-state index contributed by atoms with van der Waals surface area (Å²) in [5.41, 5.74) is 7.33. The standard InChI is InChI=1S/C16H26N2OS/c1-12(2)19-15-6-4-14(5-7-15)16(10-17)18-8-9-20-11-13(18)3/h4-7,12-13,16H,8-11,17H2,1-3H3. The van der Waals surface area contributed by atoms with Crippen molar-refractivity contribution in [2.45, 2.75) is 39.0 Å². The molecule has 1 aliphatic heterocycles. The zero-order chi connectivity index (χ0) is 14.5. The molecular formula is C16H26N2OS. The Morgan fingerprint density at radius 3 is 2.60 bits per heavy atom. The van der Waals surface area contributed by atoms with Crippen LogP contribution >= 0.6 is 11.8 Å². The van der Waals surface area contributed by atoms with Crippen molar-refractivity contribution in [3.05, 3.63) is 29.8 Å². The first kappa shape index (κ1) is 15.7. The number of nitrogens with zero attached hydrogens (tertiary/aromatic N) is 1. The summed E-state index contributed by atoms with van der Waals surface area (Å²) in [4.78, 5) is 2.54. The monoisotopic (exact) mass is 294 g/mol. The highest BCUT2D eigenvalue weighted by atomic mass is 32.2. The van der Waals surface area contributed by atoms with Crippen LogP contribution in [0.5, 0.6) is 5.75 Å². The Morgan fingerprint density at radius 2 is 2.05 bits per heavy atom. The highest BCUT2D eigenvalue weighted by Crippen LogP contribution is 2.28. The quantitative estimate of drug-likeness (QED) is 0.906. The molecule has 0 radical (unpaired) electrons. The second-order valence-corrected chi connectivity index (χ2v) is 6.80. The number of rotatable bonds is 5. The molecule has 2 N–H and O–H groups in total. The van der Waals surface area contributed by atoms with E-state index in [1.807, 2.05) is 25.6 Å². The van der Waals surface area contributed by atoms with Gasteiger partial charge in [-0.25, -0.2) is 0 Å². The molecule has 0 saturated carbocycles. The lowest BCUT2D eigenvalue weighted by atomic mass is 10.0. The maximum atomic E-state index is 6.04. The molecule has 1 aromatic rings. The maximum absolute atomic E-state index is 6.04. The first-order valence-corrected chi connectivity index (χ1v) is 8.57. The SMILES string of the molecule is CC(C)Oc1ccc(C(CN)N2CCSCC2C)cc1. The van der Waals surface area contributed by atoms with Crippen molar-refractivity contribution in [2.75, 3.05) is 24.6 Å². The third kappa shape index (κ3) is 3.90. The van der Waals surface area contributed by atoms with E-state index in [-0.39, 0.29) is 6.10 Å². The Kier molecular flexibility index (Phi) is 5.75. The van der Waals surface area contributed by atoms with Crippen LogP contribution in [-0.2, 0) is 0 Å². The molecule has 0 spiro atoms. The lowest BCUT2D eigenvalue weighted by Gasteiger charge is -2.39. The number of hydrogen-bond donors (Lipinski definition) is 1. The Bertz CT molecular complexity index is 407. The van der Waals surface area contributed by atoms with Gasteiger partial charge in [0.2, 0.25) is 0 Å². The van der Waals surface area contributed by atoms with Crippen molar-refractivity contribution >= 4 is 11.8 Å². The van der Waals surface area contributed by atoms with E-state index in [4.69, 9.17) is 10.5 Å². The molecule has 1 fully saturated rings. The summed E-state index contributed by atoms with van der Waals surface area (Å²) >= 11 is 2.04. The minimum atomic E-state index is 0.213. The van der Waals surface area contributed by atoms with Crippen LogP contribution in [0.3, 0.4) is 0 Å². The zero-order valence-corrected chi connectivity index (χ0v) is 13.5. The largest absolute Gasteiger partial charge is 0.491 e. The molecular weight excluding hydrogens is 268 g/mol. The summed E-state index contributed by atoms with van der Waals surface area (Å²) < 4.78 is 5.70. The van der Waals surface area contributed by atoms with E-state index >= 15 is 0 Å². The molecule has 0 bridgehead atoms. The van der Waals surface area contributed by atoms with E-state index in [2.05, 4.69) is 36.1 Å². The fourth-order valence-corrected chi connectivity index (χ4v) is 3.75. The van der Waals surface area contributed by atoms with Gasteiger partial charge in [0.15, 0.2) is 0 Å². The van der Waals surface area contributed by atoms with Crippen LogP contribution in [0.15, 0.2) is 24.3 Å². The van der Waals surface area contributed by atoms with Gasteiger partial charge in [-0.3, -0.25) is 4.90 Å². The highest BCUT2D eigenvalue weighted by Gasteiger charge is 2.26. The average Bonchev–Trinajstić information content (AvgIpc) is 2.43. The molecule has 2 rings (SSSR count). The third-order valence-corrected chi connectivity index (χ3v) is 4.87. The highest BCUT2D eigenvalue weighted by molar-refractivity contribution is 7.99. The summed E-state index contributed by atoms with van der Waals surface area (Å²) in [5, 5.41) is 0. The van der Waals surface area contributed by atoms with Crippen LogP contribution in [0.25, 0.3) is 0 Å². The van der Waals surface area contributed by atoms with E-state index in [0.29, 0.717) is 18.6 Å². The predicted molar refractivity (Wildman–Crippen MR) is 87.5 cm³/mol. The van der Waals surface area contributed by atoms with Gasteiger partial charge in [0.1, 0.15) is 5.75 Å². The molecule has 1 saturated heterocycles. The average molecular weight is 294 g/mol. The predicted octanol–water partition coefficient (Wildman–Crippen LogP) is 2.91. The van der Waals surface area contributed by atoms with Crippen molar-refractivity contribution in [2.24, 2.45) is 5.73 Å². The van der Waals surface area contributed by atoms with E-state index in [1.54, 1.807) is 0 Å². The molecule has 0 aromatic heterocycles. The summed E-state index contributed by atoms with van der Waals surface area (Å²) in [6, 6.07) is 9.34. The molecule has 4 heteroatoms. The van der Waals surface area contributed by atoms with Crippen molar-refractivity contribution < 1.29 is 4.74 Å². The third-order valence-electron chi connectivity index (χ3n) is 3.68. The first-order valence-electron chi connectivity index (χ1n) is 7.42. The number of nitrogens with two attached hydrogens (primary N) is 1. The van der Waals surface area contributed by atoms with Gasteiger partial charge in [-0.2, -0.15) is 11.8 Å². The van der Waals surface area contributed by atoms with Crippen LogP contribution in [-0.4, -0.2) is 41.6 Å². The molecule has 0 aliphatic carbocycles. The zero-order valence-electron chi connectivity index (χ0n) is 12.7. The number of hydrogen-bond acceptors (Lipinski definition) is 4. The second kappa shape index (κ2) is 7.34. The summed E-state index contributed by atoms with van der Waals surface area (Å²) in [7, 11) is 0. The van der Waals surface area contributed by atoms with Gasteiger partial charge in [-0.15, -0.1) is 0 Å². The van der Waals surface area contributed by atoms with Gasteiger partial charge >= 0.3 is 0 Å². The van der Waals surface area contributed by atoms with Crippen molar-refractivity contribution in [1.82, 2.24) is 4.90 Å². The number of benzene rings is 1. The topological polar surface area (TPSA) is 38.5 Å². The molecule has 3 nitrogen and oxygen atoms in total. The van der Waals surface area contributed by atoms with Gasteiger partial charge in [0.05, 0.1) is 6.10 Å². The first-order chi connectivity index (χ1) is 9.61. The molecule has 1 aliphatic rings. The fourth-order valence-electron chi connectivity index (χ4n) is 2.71. The van der Waals surface area contributed by atoms with E-state index < -0.39 is 0 Å². The summed E-state index contributed by atoms with van der Waals surface area (Å²) in [6.45, 7) is 8.18. The van der Waals surface area contributed by atoms with E-state index in [0.717, 1.165) is 12.3 Å². The second-order valence-electron chi connectivity index (χ2n) is 5.65. The van der Waals surface area contributed by atoms with Gasteiger partial charge in [-0.1, -0.05) is 12.1 Å². The van der Waals surface area contributed by atoms with Crippen LogP contribution in [0.4, 0.5) is 0 Å². The van der Waals surface area contributed by atoms with Crippen LogP contribution in [0.2, 0.25) is 0 Å². The molecule has 0 amide bonds. The molecule has 2 unspecified atom stereocenters. The number of ether oxygens (including phenoxy) is 1. The lowest BCUT2D eigenvalue weighted by molar-refractivity contribution is 0.166. The maximum Gasteiger partial charge on any atom is 0.119 e. The molecule has 20 heavy (non-hydrogen) atoms. The van der Waals surface area contributed by atoms with Crippen molar-refractivity contribution in [3.63, 3.8) is 0 Å². The molecule has 112 valence electrons. The minimum Gasteiger partial charge on any atom is -0.491 e. The Morgan fingerprint density at radius 1 is 1.35 bits per heavy atom. The Labute approximate surface area is 126 Å². The van der Waals surface area contributed by atoms with Crippen molar-refractivity contribution in [1.29, 1.82) is 0 Å². The van der Waals surface area contributed by atoms with Crippen LogP contribution in [0, 0.1) is 0 Å². The minimum absolute atomic E-state index is 0.213. The Balaban J connectivity index is 2.10. The Hall–Kier alpha value is -0.710. The van der Waals surface area contributed by atoms with Gasteiger partial charge in [-0.05, 0) is 38.5 Å². The van der Waals surface area contributed by atoms with Gasteiger partial charge < -0.3 is 10.5 Å². The smallest absolute Gasteiger partial charge is 0.119 e. The van der Waals surface area contributed by atoms with Crippen LogP contribution in [0.1, 0.15) is 32.4 Å². The normalized spacial score (nSPS) is 21.9. The molecule has 1 aromatic carbocycles. The number of thioether (sulfide) groups is 1. The molecule has 1 heterocycles. The lowest BCUT2D eigenvalue weighted by Crippen LogP contribution is -2.45. The summed E-state index contributed by atoms with van der Waals surface area (Å²) in [5.74, 6) is 3.34. The van der Waals surface area contributed by atoms with Crippen molar-refractivity contribution in [3.8, 4) is 5.75 Å². The van der Waals surface area contributed by atoms with Gasteiger partial charge in [0.25, 0.3) is 0 Å². The fraction of sp³-hybridized carbons (Fsp3) is 0.625. The molecule has 2 atom stereocenters. The van der Waals surface area contributed by atoms with E-state index in [1.165, 1.54) is 17.1 Å². The van der Waals surface area contributed by atoms with Crippen LogP contribution < -0.4 is 10.5 Å².